The van der Waals surface area contributed by atoms with Gasteiger partial charge in [-0.3, -0.25) is 4.79 Å². The fourth-order valence-electron chi connectivity index (χ4n) is 3.12. The quantitative estimate of drug-likeness (QED) is 0.317. The zero-order valence-corrected chi connectivity index (χ0v) is 16.5. The molecule has 132 valence electrons. The highest BCUT2D eigenvalue weighted by Crippen LogP contribution is 2.36. The first kappa shape index (κ1) is 18.3. The van der Waals surface area contributed by atoms with Crippen molar-refractivity contribution in [3.05, 3.63) is 69.7 Å². The highest BCUT2D eigenvalue weighted by molar-refractivity contribution is 9.10. The molecule has 0 aromatic heterocycles. The van der Waals surface area contributed by atoms with E-state index in [4.69, 9.17) is 4.74 Å². The minimum absolute atomic E-state index is 0.169. The molecule has 26 heavy (non-hydrogen) atoms. The third kappa shape index (κ3) is 3.42. The minimum Gasteiger partial charge on any atom is -0.460 e. The van der Waals surface area contributed by atoms with Crippen LogP contribution in [0.25, 0.3) is 21.9 Å². The van der Waals surface area contributed by atoms with Crippen molar-refractivity contribution in [2.45, 2.75) is 20.8 Å². The third-order valence-electron chi connectivity index (χ3n) is 4.33. The molecule has 0 amide bonds. The molecule has 0 spiro atoms. The molecule has 3 aromatic rings. The maximum Gasteiger partial charge on any atom is 0.379 e. The fraction of sp³-hybridized carbons (Fsp3) is 0.182. The van der Waals surface area contributed by atoms with E-state index in [2.05, 4.69) is 15.9 Å². The van der Waals surface area contributed by atoms with E-state index in [9.17, 15) is 9.59 Å². The monoisotopic (exact) mass is 410 g/mol. The number of rotatable bonds is 4. The van der Waals surface area contributed by atoms with Gasteiger partial charge in [0.05, 0.1) is 6.61 Å². The number of halogens is 1. The van der Waals surface area contributed by atoms with E-state index in [1.54, 1.807) is 6.92 Å². The van der Waals surface area contributed by atoms with Gasteiger partial charge in [0.1, 0.15) is 0 Å². The first-order valence-corrected chi connectivity index (χ1v) is 9.23. The van der Waals surface area contributed by atoms with E-state index < -0.39 is 11.8 Å². The number of ether oxygens (including phenoxy) is 1. The van der Waals surface area contributed by atoms with Crippen molar-refractivity contribution in [3.8, 4) is 11.1 Å². The zero-order chi connectivity index (χ0) is 18.8. The second kappa shape index (κ2) is 7.42. The van der Waals surface area contributed by atoms with Crippen LogP contribution in [0.4, 0.5) is 0 Å². The van der Waals surface area contributed by atoms with Crippen LogP contribution in [-0.4, -0.2) is 18.4 Å². The van der Waals surface area contributed by atoms with Crippen LogP contribution in [0, 0.1) is 13.8 Å². The van der Waals surface area contributed by atoms with Gasteiger partial charge in [0.15, 0.2) is 0 Å². The van der Waals surface area contributed by atoms with Crippen LogP contribution in [0.1, 0.15) is 28.4 Å². The molecule has 0 fully saturated rings. The molecule has 0 aliphatic carbocycles. The van der Waals surface area contributed by atoms with Crippen molar-refractivity contribution >= 4 is 38.5 Å². The lowest BCUT2D eigenvalue weighted by Gasteiger charge is -2.16. The first-order chi connectivity index (χ1) is 12.4. The van der Waals surface area contributed by atoms with Crippen molar-refractivity contribution < 1.29 is 14.3 Å². The van der Waals surface area contributed by atoms with Gasteiger partial charge in [-0.2, -0.15) is 0 Å². The Hall–Kier alpha value is -2.46. The Balaban J connectivity index is 2.37. The molecule has 0 unspecified atom stereocenters. The standard InChI is InChI=1S/C22H19BrO3/c1-4-26-22(25)21(24)19-14(3)11-16-9-10-17(23)12-18(16)20(19)15-7-5-13(2)6-8-15/h5-12H,4H2,1-3H3. The summed E-state index contributed by atoms with van der Waals surface area (Å²) in [4.78, 5) is 25.0. The van der Waals surface area contributed by atoms with E-state index in [1.807, 2.05) is 62.4 Å². The van der Waals surface area contributed by atoms with Crippen molar-refractivity contribution in [3.63, 3.8) is 0 Å². The van der Waals surface area contributed by atoms with Gasteiger partial charge < -0.3 is 4.74 Å². The van der Waals surface area contributed by atoms with E-state index in [0.717, 1.165) is 37.5 Å². The summed E-state index contributed by atoms with van der Waals surface area (Å²) in [6, 6.07) is 15.8. The van der Waals surface area contributed by atoms with Crippen molar-refractivity contribution in [1.29, 1.82) is 0 Å². The first-order valence-electron chi connectivity index (χ1n) is 8.43. The molecule has 0 atom stereocenters. The summed E-state index contributed by atoms with van der Waals surface area (Å²) >= 11 is 3.51. The zero-order valence-electron chi connectivity index (χ0n) is 14.9. The van der Waals surface area contributed by atoms with Crippen LogP contribution in [0.5, 0.6) is 0 Å². The second-order valence-electron chi connectivity index (χ2n) is 6.22. The molecule has 3 rings (SSSR count). The normalized spacial score (nSPS) is 10.8. The third-order valence-corrected chi connectivity index (χ3v) is 4.82. The molecule has 3 nitrogen and oxygen atoms in total. The van der Waals surface area contributed by atoms with Gasteiger partial charge in [0, 0.05) is 15.6 Å². The fourth-order valence-corrected chi connectivity index (χ4v) is 3.48. The number of carbonyl (C=O) groups is 2. The Morgan fingerprint density at radius 3 is 2.35 bits per heavy atom. The Labute approximate surface area is 161 Å². The molecule has 0 aliphatic heterocycles. The summed E-state index contributed by atoms with van der Waals surface area (Å²) in [5, 5.41) is 1.93. The van der Waals surface area contributed by atoms with Gasteiger partial charge in [-0.1, -0.05) is 57.9 Å². The van der Waals surface area contributed by atoms with Crippen LogP contribution < -0.4 is 0 Å². The summed E-state index contributed by atoms with van der Waals surface area (Å²) in [6.45, 7) is 5.73. The van der Waals surface area contributed by atoms with Crippen LogP contribution in [0.3, 0.4) is 0 Å². The topological polar surface area (TPSA) is 43.4 Å². The summed E-state index contributed by atoms with van der Waals surface area (Å²) in [6.07, 6.45) is 0. The molecule has 0 saturated carbocycles. The van der Waals surface area contributed by atoms with Crippen LogP contribution in [0.2, 0.25) is 0 Å². The average molecular weight is 411 g/mol. The lowest BCUT2D eigenvalue weighted by Crippen LogP contribution is -2.19. The van der Waals surface area contributed by atoms with Crippen molar-refractivity contribution in [1.82, 2.24) is 0 Å². The minimum atomic E-state index is -0.821. The number of hydrogen-bond acceptors (Lipinski definition) is 3. The molecule has 0 radical (unpaired) electrons. The molecule has 4 heteroatoms. The van der Waals surface area contributed by atoms with Gasteiger partial charge in [0.2, 0.25) is 0 Å². The summed E-state index contributed by atoms with van der Waals surface area (Å²) in [7, 11) is 0. The average Bonchev–Trinajstić information content (AvgIpc) is 2.61. The largest absolute Gasteiger partial charge is 0.460 e. The van der Waals surface area contributed by atoms with E-state index in [1.165, 1.54) is 0 Å². The van der Waals surface area contributed by atoms with Crippen molar-refractivity contribution in [2.75, 3.05) is 6.61 Å². The molecule has 3 aromatic carbocycles. The van der Waals surface area contributed by atoms with Crippen LogP contribution in [-0.2, 0) is 9.53 Å². The lowest BCUT2D eigenvalue weighted by atomic mass is 9.88. The van der Waals surface area contributed by atoms with Gasteiger partial charge in [-0.25, -0.2) is 4.79 Å². The van der Waals surface area contributed by atoms with Gasteiger partial charge in [-0.15, -0.1) is 0 Å². The number of carbonyl (C=O) groups excluding carboxylic acids is 2. The highest BCUT2D eigenvalue weighted by atomic mass is 79.9. The van der Waals surface area contributed by atoms with Crippen LogP contribution in [0.15, 0.2) is 53.0 Å². The Morgan fingerprint density at radius 1 is 1.00 bits per heavy atom. The Bertz CT molecular complexity index is 1000. The number of ketones is 1. The van der Waals surface area contributed by atoms with E-state index in [-0.39, 0.29) is 6.61 Å². The Morgan fingerprint density at radius 2 is 1.69 bits per heavy atom. The maximum absolute atomic E-state index is 12.9. The summed E-state index contributed by atoms with van der Waals surface area (Å²) in [5.41, 5.74) is 3.95. The van der Waals surface area contributed by atoms with E-state index >= 15 is 0 Å². The highest BCUT2D eigenvalue weighted by Gasteiger charge is 2.25. The summed E-state index contributed by atoms with van der Waals surface area (Å²) in [5.74, 6) is -1.43. The number of Topliss-reactive ketones (excluding diaryl/α,β-unsaturated/α-hetero) is 1. The number of fused-ring (bicyclic) bond motifs is 1. The number of hydrogen-bond donors (Lipinski definition) is 0. The van der Waals surface area contributed by atoms with E-state index in [0.29, 0.717) is 5.56 Å². The summed E-state index contributed by atoms with van der Waals surface area (Å²) < 4.78 is 5.87. The Kier molecular flexibility index (Phi) is 5.23. The van der Waals surface area contributed by atoms with Crippen LogP contribution >= 0.6 is 15.9 Å². The van der Waals surface area contributed by atoms with Gasteiger partial charge in [0.25, 0.3) is 5.78 Å². The van der Waals surface area contributed by atoms with Gasteiger partial charge >= 0.3 is 5.97 Å². The number of aryl methyl sites for hydroxylation is 2. The molecular formula is C22H19BrO3. The SMILES string of the molecule is CCOC(=O)C(=O)c1c(C)cc2ccc(Br)cc2c1-c1ccc(C)cc1. The van der Waals surface area contributed by atoms with Gasteiger partial charge in [-0.05, 0) is 54.8 Å². The van der Waals surface area contributed by atoms with Crippen molar-refractivity contribution in [2.24, 2.45) is 0 Å². The predicted octanol–water partition coefficient (Wildman–Crippen LogP) is 5.63. The maximum atomic E-state index is 12.9. The molecule has 0 saturated heterocycles. The lowest BCUT2D eigenvalue weighted by molar-refractivity contribution is -0.137. The second-order valence-corrected chi connectivity index (χ2v) is 7.14. The molecule has 0 bridgehead atoms. The molecule has 0 N–H and O–H groups in total. The number of benzene rings is 3. The smallest absolute Gasteiger partial charge is 0.379 e. The molecular weight excluding hydrogens is 392 g/mol. The molecule has 0 heterocycles. The molecule has 0 aliphatic rings. The number of esters is 1. The predicted molar refractivity (Wildman–Crippen MR) is 108 cm³/mol.